The Balaban J connectivity index is 2.50. The standard InChI is InChI=1S/C12H13ClN2O/c1-8(2)15-12(16)7-11(14-15)9-4-3-5-10(13)6-9/h3-8,14H,1-2H3. The molecule has 16 heavy (non-hydrogen) atoms. The topological polar surface area (TPSA) is 37.8 Å². The molecule has 0 atom stereocenters. The number of nitrogens with zero attached hydrogens (tertiary/aromatic N) is 1. The molecular weight excluding hydrogens is 224 g/mol. The van der Waals surface area contributed by atoms with E-state index in [1.165, 1.54) is 0 Å². The number of aromatic amines is 1. The molecule has 0 saturated carbocycles. The van der Waals surface area contributed by atoms with Gasteiger partial charge in [-0.05, 0) is 26.0 Å². The summed E-state index contributed by atoms with van der Waals surface area (Å²) < 4.78 is 1.59. The Kier molecular flexibility index (Phi) is 2.88. The van der Waals surface area contributed by atoms with Gasteiger partial charge in [0.25, 0.3) is 5.56 Å². The van der Waals surface area contributed by atoms with Crippen molar-refractivity contribution in [1.82, 2.24) is 9.78 Å². The number of nitrogens with one attached hydrogen (secondary N) is 1. The summed E-state index contributed by atoms with van der Waals surface area (Å²) in [6.45, 7) is 3.92. The highest BCUT2D eigenvalue weighted by Gasteiger charge is 2.07. The summed E-state index contributed by atoms with van der Waals surface area (Å²) in [5.41, 5.74) is 1.69. The number of aromatic nitrogens is 2. The van der Waals surface area contributed by atoms with Gasteiger partial charge in [0.1, 0.15) is 0 Å². The van der Waals surface area contributed by atoms with Gasteiger partial charge in [0.05, 0.1) is 5.69 Å². The third-order valence-corrected chi connectivity index (χ3v) is 2.63. The molecular formula is C12H13ClN2O. The van der Waals surface area contributed by atoms with Crippen molar-refractivity contribution in [3.05, 3.63) is 45.7 Å². The first-order chi connectivity index (χ1) is 7.58. The van der Waals surface area contributed by atoms with Crippen LogP contribution in [0.25, 0.3) is 11.3 Å². The average Bonchev–Trinajstić information content (AvgIpc) is 2.60. The molecule has 0 amide bonds. The van der Waals surface area contributed by atoms with Gasteiger partial charge in [-0.3, -0.25) is 14.6 Å². The van der Waals surface area contributed by atoms with E-state index in [4.69, 9.17) is 11.6 Å². The predicted octanol–water partition coefficient (Wildman–Crippen LogP) is 3.08. The van der Waals surface area contributed by atoms with E-state index < -0.39 is 0 Å². The highest BCUT2D eigenvalue weighted by Crippen LogP contribution is 2.20. The quantitative estimate of drug-likeness (QED) is 0.855. The minimum Gasteiger partial charge on any atom is -0.295 e. The first-order valence-corrected chi connectivity index (χ1v) is 5.53. The summed E-state index contributed by atoms with van der Waals surface area (Å²) in [4.78, 5) is 11.6. The van der Waals surface area contributed by atoms with Gasteiger partial charge in [-0.2, -0.15) is 0 Å². The van der Waals surface area contributed by atoms with Gasteiger partial charge in [-0.1, -0.05) is 23.7 Å². The molecule has 0 aliphatic rings. The molecule has 0 radical (unpaired) electrons. The summed E-state index contributed by atoms with van der Waals surface area (Å²) in [6.07, 6.45) is 0. The SMILES string of the molecule is CC(C)n1[nH]c(-c2cccc(Cl)c2)cc1=O. The van der Waals surface area contributed by atoms with E-state index in [1.54, 1.807) is 10.7 Å². The monoisotopic (exact) mass is 236 g/mol. The molecule has 84 valence electrons. The molecule has 1 heterocycles. The second-order valence-electron chi connectivity index (χ2n) is 3.98. The van der Waals surface area contributed by atoms with E-state index in [0.29, 0.717) is 5.02 Å². The number of hydrogen-bond acceptors (Lipinski definition) is 1. The van der Waals surface area contributed by atoms with Crippen LogP contribution < -0.4 is 5.56 Å². The summed E-state index contributed by atoms with van der Waals surface area (Å²) in [5.74, 6) is 0. The lowest BCUT2D eigenvalue weighted by atomic mass is 10.2. The zero-order valence-corrected chi connectivity index (χ0v) is 9.95. The lowest BCUT2D eigenvalue weighted by molar-refractivity contribution is 0.518. The third-order valence-electron chi connectivity index (χ3n) is 2.40. The van der Waals surface area contributed by atoms with Crippen LogP contribution in [0.4, 0.5) is 0 Å². The van der Waals surface area contributed by atoms with Gasteiger partial charge in [-0.15, -0.1) is 0 Å². The molecule has 2 rings (SSSR count). The molecule has 0 spiro atoms. The Morgan fingerprint density at radius 2 is 2.06 bits per heavy atom. The lowest BCUT2D eigenvalue weighted by Gasteiger charge is -2.05. The highest BCUT2D eigenvalue weighted by molar-refractivity contribution is 6.30. The summed E-state index contributed by atoms with van der Waals surface area (Å²) >= 11 is 5.91. The third kappa shape index (κ3) is 2.04. The highest BCUT2D eigenvalue weighted by atomic mass is 35.5. The van der Waals surface area contributed by atoms with Crippen LogP contribution in [0.1, 0.15) is 19.9 Å². The van der Waals surface area contributed by atoms with E-state index in [9.17, 15) is 4.79 Å². The normalized spacial score (nSPS) is 11.0. The minimum absolute atomic E-state index is 0.0232. The van der Waals surface area contributed by atoms with Crippen LogP contribution in [0.5, 0.6) is 0 Å². The van der Waals surface area contributed by atoms with Crippen molar-refractivity contribution in [2.75, 3.05) is 0 Å². The van der Waals surface area contributed by atoms with Crippen LogP contribution in [0.3, 0.4) is 0 Å². The molecule has 0 bridgehead atoms. The predicted molar refractivity (Wildman–Crippen MR) is 65.9 cm³/mol. The molecule has 2 aromatic rings. The van der Waals surface area contributed by atoms with Gasteiger partial charge < -0.3 is 0 Å². The van der Waals surface area contributed by atoms with Crippen LogP contribution in [0.15, 0.2) is 35.1 Å². The molecule has 0 aliphatic heterocycles. The molecule has 0 aliphatic carbocycles. The molecule has 0 fully saturated rings. The average molecular weight is 237 g/mol. The Morgan fingerprint density at radius 3 is 2.62 bits per heavy atom. The maximum atomic E-state index is 11.6. The molecule has 0 saturated heterocycles. The van der Waals surface area contributed by atoms with Crippen molar-refractivity contribution in [3.63, 3.8) is 0 Å². The molecule has 1 aromatic heterocycles. The van der Waals surface area contributed by atoms with Crippen molar-refractivity contribution in [3.8, 4) is 11.3 Å². The number of hydrogen-bond donors (Lipinski definition) is 1. The van der Waals surface area contributed by atoms with Gasteiger partial charge in [-0.25, -0.2) is 0 Å². The van der Waals surface area contributed by atoms with Crippen molar-refractivity contribution < 1.29 is 0 Å². The Labute approximate surface area is 98.7 Å². The summed E-state index contributed by atoms with van der Waals surface area (Å²) in [6, 6.07) is 9.14. The fourth-order valence-electron chi connectivity index (χ4n) is 1.60. The number of rotatable bonds is 2. The van der Waals surface area contributed by atoms with Crippen LogP contribution in [-0.2, 0) is 0 Å². The van der Waals surface area contributed by atoms with E-state index in [2.05, 4.69) is 5.10 Å². The van der Waals surface area contributed by atoms with Crippen LogP contribution in [0.2, 0.25) is 5.02 Å². The van der Waals surface area contributed by atoms with Crippen LogP contribution >= 0.6 is 11.6 Å². The zero-order chi connectivity index (χ0) is 11.7. The van der Waals surface area contributed by atoms with Crippen LogP contribution in [0, 0.1) is 0 Å². The van der Waals surface area contributed by atoms with Crippen LogP contribution in [-0.4, -0.2) is 9.78 Å². The van der Waals surface area contributed by atoms with Gasteiger partial charge in [0.2, 0.25) is 0 Å². The minimum atomic E-state index is -0.0232. The number of benzene rings is 1. The maximum Gasteiger partial charge on any atom is 0.267 e. The maximum absolute atomic E-state index is 11.6. The second kappa shape index (κ2) is 4.18. The lowest BCUT2D eigenvalue weighted by Crippen LogP contribution is -2.17. The fourth-order valence-corrected chi connectivity index (χ4v) is 1.79. The fraction of sp³-hybridized carbons (Fsp3) is 0.250. The first-order valence-electron chi connectivity index (χ1n) is 5.15. The van der Waals surface area contributed by atoms with Crippen molar-refractivity contribution in [1.29, 1.82) is 0 Å². The van der Waals surface area contributed by atoms with E-state index in [1.807, 2.05) is 38.1 Å². The molecule has 0 unspecified atom stereocenters. The van der Waals surface area contributed by atoms with Gasteiger partial charge >= 0.3 is 0 Å². The summed E-state index contributed by atoms with van der Waals surface area (Å²) in [5, 5.41) is 3.73. The van der Waals surface area contributed by atoms with Crippen molar-refractivity contribution in [2.24, 2.45) is 0 Å². The Hall–Kier alpha value is -1.48. The zero-order valence-electron chi connectivity index (χ0n) is 9.20. The van der Waals surface area contributed by atoms with E-state index >= 15 is 0 Å². The largest absolute Gasteiger partial charge is 0.295 e. The van der Waals surface area contributed by atoms with E-state index in [0.717, 1.165) is 11.3 Å². The Morgan fingerprint density at radius 1 is 1.31 bits per heavy atom. The molecule has 4 heteroatoms. The number of H-pyrrole nitrogens is 1. The molecule has 3 nitrogen and oxygen atoms in total. The van der Waals surface area contributed by atoms with Crippen molar-refractivity contribution in [2.45, 2.75) is 19.9 Å². The smallest absolute Gasteiger partial charge is 0.267 e. The van der Waals surface area contributed by atoms with E-state index in [-0.39, 0.29) is 11.6 Å². The number of halogens is 1. The first kappa shape index (κ1) is 11.0. The van der Waals surface area contributed by atoms with Gasteiger partial charge in [0, 0.05) is 22.7 Å². The van der Waals surface area contributed by atoms with Gasteiger partial charge in [0.15, 0.2) is 0 Å². The summed E-state index contributed by atoms with van der Waals surface area (Å²) in [7, 11) is 0. The molecule has 1 N–H and O–H groups in total. The molecule has 1 aromatic carbocycles. The Bertz CT molecular complexity index is 554. The second-order valence-corrected chi connectivity index (χ2v) is 4.42. The van der Waals surface area contributed by atoms with Crippen molar-refractivity contribution >= 4 is 11.6 Å².